The molecule has 6 rings (SSSR count). The highest BCUT2D eigenvalue weighted by Gasteiger charge is 2.55. The molecule has 1 saturated carbocycles. The van der Waals surface area contributed by atoms with E-state index in [1.54, 1.807) is 0 Å². The number of hydrogen-bond donors (Lipinski definition) is 0. The molecule has 1 aromatic carbocycles. The molecule has 7 heteroatoms. The molecule has 3 aromatic rings. The average molecular weight is 438 g/mol. The van der Waals surface area contributed by atoms with Gasteiger partial charge >= 0.3 is 0 Å². The molecule has 3 aliphatic rings. The Labute approximate surface area is 185 Å². The molecule has 4 atom stereocenters. The van der Waals surface area contributed by atoms with E-state index in [0.29, 0.717) is 6.04 Å². The van der Waals surface area contributed by atoms with E-state index >= 15 is 0 Å². The zero-order valence-corrected chi connectivity index (χ0v) is 19.3. The number of aromatic nitrogens is 3. The maximum absolute atomic E-state index is 5.01. The summed E-state index contributed by atoms with van der Waals surface area (Å²) >= 11 is 3.78. The first kappa shape index (κ1) is 18.9. The van der Waals surface area contributed by atoms with E-state index in [1.807, 2.05) is 23.1 Å². The van der Waals surface area contributed by atoms with E-state index < -0.39 is 0 Å². The molecule has 2 aliphatic heterocycles. The van der Waals surface area contributed by atoms with Crippen LogP contribution in [0.25, 0.3) is 10.2 Å². The molecule has 1 aliphatic carbocycles. The van der Waals surface area contributed by atoms with Crippen LogP contribution in [0.1, 0.15) is 24.6 Å². The number of rotatable bonds is 5. The van der Waals surface area contributed by atoms with Crippen molar-refractivity contribution in [2.24, 2.45) is 17.8 Å². The van der Waals surface area contributed by atoms with E-state index in [9.17, 15) is 0 Å². The van der Waals surface area contributed by atoms with Gasteiger partial charge in [0, 0.05) is 42.7 Å². The number of thioether (sulfide) groups is 1. The zero-order chi connectivity index (χ0) is 20.4. The fourth-order valence-electron chi connectivity index (χ4n) is 5.00. The third-order valence-corrected chi connectivity index (χ3v) is 9.60. The number of para-hydroxylation sites is 1. The molecular formula is C23H27N5S2. The Hall–Kier alpha value is -1.86. The highest BCUT2D eigenvalue weighted by atomic mass is 32.2. The lowest BCUT2D eigenvalue weighted by molar-refractivity contribution is 0.469. The fourth-order valence-corrected chi connectivity index (χ4v) is 7.40. The Morgan fingerprint density at radius 2 is 1.90 bits per heavy atom. The summed E-state index contributed by atoms with van der Waals surface area (Å²) < 4.78 is 2.51. The number of piperidine rings is 1. The summed E-state index contributed by atoms with van der Waals surface area (Å²) in [5.74, 6) is 5.75. The lowest BCUT2D eigenvalue weighted by Gasteiger charge is -2.39. The van der Waals surface area contributed by atoms with Crippen LogP contribution in [0, 0.1) is 31.6 Å². The molecule has 2 saturated heterocycles. The molecule has 0 N–H and O–H groups in total. The molecule has 0 unspecified atom stereocenters. The Bertz CT molecular complexity index is 1070. The lowest BCUT2D eigenvalue weighted by Crippen LogP contribution is -2.47. The summed E-state index contributed by atoms with van der Waals surface area (Å²) in [6, 6.07) is 9.01. The van der Waals surface area contributed by atoms with Crippen LogP contribution in [0.2, 0.25) is 0 Å². The van der Waals surface area contributed by atoms with E-state index in [0.717, 1.165) is 54.5 Å². The summed E-state index contributed by atoms with van der Waals surface area (Å²) in [6.45, 7) is 9.94. The number of benzene rings is 1. The number of aryl methyl sites for hydroxylation is 1. The van der Waals surface area contributed by atoms with Crippen molar-refractivity contribution in [2.45, 2.75) is 37.6 Å². The van der Waals surface area contributed by atoms with Crippen LogP contribution in [0.3, 0.4) is 0 Å². The summed E-state index contributed by atoms with van der Waals surface area (Å²) in [7, 11) is 0. The van der Waals surface area contributed by atoms with Crippen LogP contribution in [0.15, 0.2) is 28.6 Å². The number of thiazole rings is 1. The quantitative estimate of drug-likeness (QED) is 0.536. The summed E-state index contributed by atoms with van der Waals surface area (Å²) in [6.07, 6.45) is 1.24. The standard InChI is InChI=1S/C23H27N5S2/c1-13-8-9-28(13)22-24-15(3)14(2)21(26-22)27-10-16-17(11-27)18(16)12-29-23-25-19-6-4-5-7-20(19)30-23/h4-7,13,16-18H,8-12H2,1-3H3/t13-,16-,17+,18+/m0/s1. The molecule has 5 nitrogen and oxygen atoms in total. The largest absolute Gasteiger partial charge is 0.356 e. The lowest BCUT2D eigenvalue weighted by atomic mass is 10.1. The number of hydrogen-bond acceptors (Lipinski definition) is 7. The Kier molecular flexibility index (Phi) is 4.46. The van der Waals surface area contributed by atoms with Crippen molar-refractivity contribution in [3.63, 3.8) is 0 Å². The van der Waals surface area contributed by atoms with Gasteiger partial charge in [-0.3, -0.25) is 0 Å². The summed E-state index contributed by atoms with van der Waals surface area (Å²) in [4.78, 5) is 19.4. The van der Waals surface area contributed by atoms with Crippen LogP contribution in [0.4, 0.5) is 11.8 Å². The van der Waals surface area contributed by atoms with E-state index in [2.05, 4.69) is 54.8 Å². The van der Waals surface area contributed by atoms with Crippen LogP contribution >= 0.6 is 23.1 Å². The van der Waals surface area contributed by atoms with E-state index in [-0.39, 0.29) is 0 Å². The molecule has 0 amide bonds. The van der Waals surface area contributed by atoms with Gasteiger partial charge in [-0.15, -0.1) is 11.3 Å². The fraction of sp³-hybridized carbons (Fsp3) is 0.522. The van der Waals surface area contributed by atoms with Crippen molar-refractivity contribution >= 4 is 45.1 Å². The molecule has 0 radical (unpaired) electrons. The van der Waals surface area contributed by atoms with Crippen molar-refractivity contribution in [3.05, 3.63) is 35.5 Å². The molecule has 0 spiro atoms. The third-order valence-electron chi connectivity index (χ3n) is 7.27. The zero-order valence-electron chi connectivity index (χ0n) is 17.7. The smallest absolute Gasteiger partial charge is 0.227 e. The first-order valence-electron chi connectivity index (χ1n) is 10.9. The topological polar surface area (TPSA) is 45.2 Å². The first-order valence-corrected chi connectivity index (χ1v) is 12.7. The van der Waals surface area contributed by atoms with E-state index in [4.69, 9.17) is 15.0 Å². The second-order valence-corrected chi connectivity index (χ2v) is 11.3. The van der Waals surface area contributed by atoms with Gasteiger partial charge < -0.3 is 9.80 Å². The Balaban J connectivity index is 1.11. The van der Waals surface area contributed by atoms with Crippen molar-refractivity contribution in [2.75, 3.05) is 35.2 Å². The Morgan fingerprint density at radius 3 is 2.60 bits per heavy atom. The molecule has 2 aromatic heterocycles. The minimum Gasteiger partial charge on any atom is -0.356 e. The molecular weight excluding hydrogens is 410 g/mol. The normalized spacial score (nSPS) is 27.4. The van der Waals surface area contributed by atoms with Crippen LogP contribution < -0.4 is 9.80 Å². The molecule has 4 heterocycles. The maximum Gasteiger partial charge on any atom is 0.227 e. The predicted molar refractivity (Wildman–Crippen MR) is 126 cm³/mol. The van der Waals surface area contributed by atoms with Gasteiger partial charge in [0.1, 0.15) is 5.82 Å². The minimum absolute atomic E-state index is 0.566. The van der Waals surface area contributed by atoms with Crippen molar-refractivity contribution in [3.8, 4) is 0 Å². The number of anilines is 2. The third kappa shape index (κ3) is 3.09. The second-order valence-electron chi connectivity index (χ2n) is 9.04. The van der Waals surface area contributed by atoms with Gasteiger partial charge in [-0.1, -0.05) is 23.9 Å². The average Bonchev–Trinajstić information content (AvgIpc) is 3.08. The maximum atomic E-state index is 5.01. The highest BCUT2D eigenvalue weighted by Crippen LogP contribution is 2.54. The molecule has 30 heavy (non-hydrogen) atoms. The van der Waals surface area contributed by atoms with Crippen molar-refractivity contribution in [1.82, 2.24) is 15.0 Å². The first-order chi connectivity index (χ1) is 14.6. The van der Waals surface area contributed by atoms with Crippen molar-refractivity contribution < 1.29 is 0 Å². The SMILES string of the molecule is Cc1nc(N2CC[C@@H]2C)nc(N2C[C@@H]3[C@@H](CSc4nc5ccccc5s4)[C@@H]3C2)c1C. The Morgan fingerprint density at radius 1 is 1.10 bits per heavy atom. The van der Waals surface area contributed by atoms with Gasteiger partial charge in [-0.2, -0.15) is 4.98 Å². The number of fused-ring (bicyclic) bond motifs is 2. The van der Waals surface area contributed by atoms with E-state index in [1.165, 1.54) is 32.6 Å². The second kappa shape index (κ2) is 7.09. The van der Waals surface area contributed by atoms with Gasteiger partial charge in [0.05, 0.1) is 10.2 Å². The van der Waals surface area contributed by atoms with Gasteiger partial charge in [-0.25, -0.2) is 9.97 Å². The van der Waals surface area contributed by atoms with Gasteiger partial charge in [0.2, 0.25) is 5.95 Å². The van der Waals surface area contributed by atoms with Crippen molar-refractivity contribution in [1.29, 1.82) is 0 Å². The highest BCUT2D eigenvalue weighted by molar-refractivity contribution is 8.01. The van der Waals surface area contributed by atoms with Crippen LogP contribution in [-0.4, -0.2) is 46.4 Å². The van der Waals surface area contributed by atoms with Gasteiger partial charge in [0.25, 0.3) is 0 Å². The predicted octanol–water partition coefficient (Wildman–Crippen LogP) is 4.78. The molecule has 0 bridgehead atoms. The minimum atomic E-state index is 0.566. The molecule has 156 valence electrons. The molecule has 3 fully saturated rings. The van der Waals surface area contributed by atoms with Crippen LogP contribution in [-0.2, 0) is 0 Å². The van der Waals surface area contributed by atoms with Crippen LogP contribution in [0.5, 0.6) is 0 Å². The number of nitrogens with zero attached hydrogens (tertiary/aromatic N) is 5. The summed E-state index contributed by atoms with van der Waals surface area (Å²) in [5.41, 5.74) is 3.50. The summed E-state index contributed by atoms with van der Waals surface area (Å²) in [5, 5.41) is 0. The monoisotopic (exact) mass is 437 g/mol. The van der Waals surface area contributed by atoms with Gasteiger partial charge in [-0.05, 0) is 57.1 Å². The van der Waals surface area contributed by atoms with Gasteiger partial charge in [0.15, 0.2) is 4.34 Å².